The molecule has 1 amide bonds. The Bertz CT molecular complexity index is 589. The maximum Gasteiger partial charge on any atom is 0.276 e. The average Bonchev–Trinajstić information content (AvgIpc) is 3.01. The van der Waals surface area contributed by atoms with E-state index in [1.807, 2.05) is 30.3 Å². The van der Waals surface area contributed by atoms with E-state index in [1.54, 1.807) is 18.1 Å². The van der Waals surface area contributed by atoms with Crippen LogP contribution in [-0.2, 0) is 17.9 Å². The van der Waals surface area contributed by atoms with Crippen molar-refractivity contribution in [2.24, 2.45) is 5.73 Å². The van der Waals surface area contributed by atoms with Gasteiger partial charge in [-0.05, 0) is 18.5 Å². The van der Waals surface area contributed by atoms with Crippen LogP contribution < -0.4 is 5.73 Å². The molecule has 23 heavy (non-hydrogen) atoms. The Kier molecular flexibility index (Phi) is 8.32. The van der Waals surface area contributed by atoms with Crippen molar-refractivity contribution in [3.63, 3.8) is 0 Å². The minimum Gasteiger partial charge on any atom is -0.377 e. The van der Waals surface area contributed by atoms with E-state index < -0.39 is 0 Å². The summed E-state index contributed by atoms with van der Waals surface area (Å²) in [5, 5.41) is 3.83. The first-order valence-corrected chi connectivity index (χ1v) is 7.22. The van der Waals surface area contributed by atoms with Gasteiger partial charge in [-0.25, -0.2) is 0 Å². The van der Waals surface area contributed by atoms with Crippen molar-refractivity contribution in [2.75, 3.05) is 20.2 Å². The van der Waals surface area contributed by atoms with Gasteiger partial charge in [0.25, 0.3) is 5.91 Å². The second kappa shape index (κ2) is 9.99. The number of amides is 1. The zero-order chi connectivity index (χ0) is 15.8. The number of methoxy groups -OCH3 is 1. The number of nitrogens with two attached hydrogens (primary N) is 1. The van der Waals surface area contributed by atoms with E-state index >= 15 is 0 Å². The Balaban J connectivity index is 0.00000264. The number of nitrogens with zero attached hydrogens (tertiary/aromatic N) is 2. The summed E-state index contributed by atoms with van der Waals surface area (Å²) in [7, 11) is 1.56. The second-order valence-electron chi connectivity index (χ2n) is 4.97. The first kappa shape index (κ1) is 19.2. The van der Waals surface area contributed by atoms with Gasteiger partial charge < -0.3 is 19.9 Å². The van der Waals surface area contributed by atoms with Gasteiger partial charge in [0.15, 0.2) is 11.5 Å². The SMILES string of the molecule is COCc1cc(C(=O)N(CCCN)Cc2ccccc2)no1.Cl. The molecule has 0 aliphatic heterocycles. The lowest BCUT2D eigenvalue weighted by atomic mass is 10.2. The summed E-state index contributed by atoms with van der Waals surface area (Å²) >= 11 is 0. The molecule has 7 heteroatoms. The maximum atomic E-state index is 12.6. The molecule has 0 fully saturated rings. The predicted molar refractivity (Wildman–Crippen MR) is 89.3 cm³/mol. The number of halogens is 1. The van der Waals surface area contributed by atoms with Gasteiger partial charge in [-0.15, -0.1) is 12.4 Å². The quantitative estimate of drug-likeness (QED) is 0.797. The fourth-order valence-electron chi connectivity index (χ4n) is 2.12. The van der Waals surface area contributed by atoms with Gasteiger partial charge in [0.1, 0.15) is 6.61 Å². The van der Waals surface area contributed by atoms with E-state index in [0.717, 1.165) is 12.0 Å². The molecule has 0 spiro atoms. The molecule has 0 aliphatic rings. The van der Waals surface area contributed by atoms with Crippen molar-refractivity contribution < 1.29 is 14.1 Å². The van der Waals surface area contributed by atoms with Crippen LogP contribution in [-0.4, -0.2) is 36.2 Å². The van der Waals surface area contributed by atoms with Gasteiger partial charge in [-0.2, -0.15) is 0 Å². The van der Waals surface area contributed by atoms with Crippen LogP contribution in [0.1, 0.15) is 28.2 Å². The van der Waals surface area contributed by atoms with E-state index in [2.05, 4.69) is 5.16 Å². The molecule has 126 valence electrons. The molecule has 1 heterocycles. The van der Waals surface area contributed by atoms with Crippen LogP contribution >= 0.6 is 12.4 Å². The highest BCUT2D eigenvalue weighted by molar-refractivity contribution is 5.92. The zero-order valence-electron chi connectivity index (χ0n) is 13.1. The lowest BCUT2D eigenvalue weighted by molar-refractivity contribution is 0.0731. The van der Waals surface area contributed by atoms with Crippen LogP contribution in [0.3, 0.4) is 0 Å². The molecule has 0 radical (unpaired) electrons. The molecule has 0 bridgehead atoms. The highest BCUT2D eigenvalue weighted by Crippen LogP contribution is 2.12. The first-order valence-electron chi connectivity index (χ1n) is 7.22. The normalized spacial score (nSPS) is 10.2. The lowest BCUT2D eigenvalue weighted by Gasteiger charge is -2.21. The van der Waals surface area contributed by atoms with Crippen molar-refractivity contribution in [2.45, 2.75) is 19.6 Å². The van der Waals surface area contributed by atoms with E-state index in [0.29, 0.717) is 37.7 Å². The molecule has 0 aliphatic carbocycles. The van der Waals surface area contributed by atoms with Crippen LogP contribution in [0.5, 0.6) is 0 Å². The average molecular weight is 340 g/mol. The Morgan fingerprint density at radius 3 is 2.74 bits per heavy atom. The summed E-state index contributed by atoms with van der Waals surface area (Å²) in [5.41, 5.74) is 6.92. The van der Waals surface area contributed by atoms with E-state index in [-0.39, 0.29) is 18.3 Å². The van der Waals surface area contributed by atoms with Crippen molar-refractivity contribution >= 4 is 18.3 Å². The Hall–Kier alpha value is -1.89. The number of hydrogen-bond donors (Lipinski definition) is 1. The third-order valence-corrected chi connectivity index (χ3v) is 3.20. The monoisotopic (exact) mass is 339 g/mol. The Morgan fingerprint density at radius 1 is 1.35 bits per heavy atom. The summed E-state index contributed by atoms with van der Waals surface area (Å²) in [6.45, 7) is 1.93. The van der Waals surface area contributed by atoms with Gasteiger partial charge in [0, 0.05) is 26.3 Å². The smallest absolute Gasteiger partial charge is 0.276 e. The Labute approximate surface area is 142 Å². The first-order chi connectivity index (χ1) is 10.7. The molecule has 6 nitrogen and oxygen atoms in total. The van der Waals surface area contributed by atoms with E-state index in [1.165, 1.54) is 0 Å². The molecule has 0 atom stereocenters. The topological polar surface area (TPSA) is 81.6 Å². The third kappa shape index (κ3) is 5.67. The highest BCUT2D eigenvalue weighted by atomic mass is 35.5. The Morgan fingerprint density at radius 2 is 2.09 bits per heavy atom. The summed E-state index contributed by atoms with van der Waals surface area (Å²) < 4.78 is 10.1. The number of carbonyl (C=O) groups is 1. The van der Waals surface area contributed by atoms with Crippen molar-refractivity contribution in [3.8, 4) is 0 Å². The van der Waals surface area contributed by atoms with E-state index in [9.17, 15) is 4.79 Å². The number of ether oxygens (including phenoxy) is 1. The van der Waals surface area contributed by atoms with Gasteiger partial charge in [-0.3, -0.25) is 4.79 Å². The minimum absolute atomic E-state index is 0. The van der Waals surface area contributed by atoms with Crippen molar-refractivity contribution in [1.82, 2.24) is 10.1 Å². The summed E-state index contributed by atoms with van der Waals surface area (Å²) in [5.74, 6) is 0.368. The number of hydrogen-bond acceptors (Lipinski definition) is 5. The van der Waals surface area contributed by atoms with E-state index in [4.69, 9.17) is 15.0 Å². The lowest BCUT2D eigenvalue weighted by Crippen LogP contribution is -2.32. The summed E-state index contributed by atoms with van der Waals surface area (Å²) in [4.78, 5) is 14.3. The minimum atomic E-state index is -0.164. The molecule has 1 aromatic heterocycles. The molecule has 1 aromatic carbocycles. The molecule has 0 saturated carbocycles. The van der Waals surface area contributed by atoms with Gasteiger partial charge >= 0.3 is 0 Å². The molecule has 2 aromatic rings. The van der Waals surface area contributed by atoms with Crippen LogP contribution in [0.15, 0.2) is 40.9 Å². The molecular formula is C16H22ClN3O3. The molecular weight excluding hydrogens is 318 g/mol. The number of carbonyl (C=O) groups excluding carboxylic acids is 1. The van der Waals surface area contributed by atoms with Crippen molar-refractivity contribution in [1.29, 1.82) is 0 Å². The van der Waals surface area contributed by atoms with Crippen LogP contribution in [0.4, 0.5) is 0 Å². The molecule has 2 rings (SSSR count). The zero-order valence-corrected chi connectivity index (χ0v) is 13.9. The van der Waals surface area contributed by atoms with Crippen LogP contribution in [0.2, 0.25) is 0 Å². The molecule has 2 N–H and O–H groups in total. The third-order valence-electron chi connectivity index (χ3n) is 3.20. The molecule has 0 unspecified atom stereocenters. The van der Waals surface area contributed by atoms with Crippen LogP contribution in [0, 0.1) is 0 Å². The summed E-state index contributed by atoms with van der Waals surface area (Å²) in [6.07, 6.45) is 0.737. The van der Waals surface area contributed by atoms with Crippen molar-refractivity contribution in [3.05, 3.63) is 53.4 Å². The summed E-state index contributed by atoms with van der Waals surface area (Å²) in [6, 6.07) is 11.4. The van der Waals surface area contributed by atoms with Gasteiger partial charge in [0.05, 0.1) is 0 Å². The standard InChI is InChI=1S/C16H21N3O3.ClH/c1-21-12-14-10-15(18-22-14)16(20)19(9-5-8-17)11-13-6-3-2-4-7-13;/h2-4,6-7,10H,5,8-9,11-12,17H2,1H3;1H. The largest absolute Gasteiger partial charge is 0.377 e. The van der Waals surface area contributed by atoms with Crippen LogP contribution in [0.25, 0.3) is 0 Å². The maximum absolute atomic E-state index is 12.6. The van der Waals surface area contributed by atoms with Gasteiger partial charge in [0.2, 0.25) is 0 Å². The second-order valence-corrected chi connectivity index (χ2v) is 4.97. The molecule has 0 saturated heterocycles. The number of aromatic nitrogens is 1. The highest BCUT2D eigenvalue weighted by Gasteiger charge is 2.20. The van der Waals surface area contributed by atoms with Gasteiger partial charge in [-0.1, -0.05) is 35.5 Å². The fourth-order valence-corrected chi connectivity index (χ4v) is 2.12. The fraction of sp³-hybridized carbons (Fsp3) is 0.375. The number of benzene rings is 1. The number of rotatable bonds is 8. The predicted octanol–water partition coefficient (Wildman–Crippen LogP) is 2.23.